The maximum absolute atomic E-state index is 12.5. The summed E-state index contributed by atoms with van der Waals surface area (Å²) >= 11 is 3.49. The smallest absolute Gasteiger partial charge is 0.220 e. The maximum atomic E-state index is 12.5. The molecule has 0 amide bonds. The molecule has 0 aliphatic heterocycles. The van der Waals surface area contributed by atoms with Crippen molar-refractivity contribution in [1.82, 2.24) is 9.13 Å². The van der Waals surface area contributed by atoms with Crippen molar-refractivity contribution in [2.45, 2.75) is 0 Å². The molecule has 0 radical (unpaired) electrons. The first-order valence-electron chi connectivity index (χ1n) is 28.8. The van der Waals surface area contributed by atoms with E-state index >= 15 is 0 Å². The Morgan fingerprint density at radius 2 is 0.900 bits per heavy atom. The monoisotopic (exact) mass is 1060 g/mol. The number of nitrogens with zero attached hydrogens (tertiary/aromatic N) is 4. The quantitative estimate of drug-likeness (QED) is 0.147. The third-order valence-electron chi connectivity index (χ3n) is 15.9. The van der Waals surface area contributed by atoms with E-state index in [-0.39, 0.29) is 23.3 Å². The SMILES string of the molecule is [2H]c1c([2H])c([2H])c(-c2ccc3c4ccccc4n(-c4c([N+]#[C-])c(-c5ccccc5)c(C#N)c(-n5c6c(ccc7c6sc6cccc(-c8ccccc8)c67)c6ccc7c(sc8cccc(-c9ccccc9)c87)c65)c4-c4ccccc4)c3c2)c([2H])c1[2H]. The summed E-state index contributed by atoms with van der Waals surface area (Å²) in [7, 11) is 0. The summed E-state index contributed by atoms with van der Waals surface area (Å²) in [4.78, 5) is 4.58. The van der Waals surface area contributed by atoms with Crippen molar-refractivity contribution in [2.75, 3.05) is 0 Å². The van der Waals surface area contributed by atoms with Gasteiger partial charge in [0, 0.05) is 63.6 Å². The summed E-state index contributed by atoms with van der Waals surface area (Å²) < 4.78 is 53.1. The van der Waals surface area contributed by atoms with Crippen LogP contribution >= 0.6 is 22.7 Å². The molecule has 0 saturated carbocycles. The molecule has 0 spiro atoms. The summed E-state index contributed by atoms with van der Waals surface area (Å²) in [6, 6.07) is 77.6. The number of aromatic nitrogens is 2. The molecule has 16 rings (SSSR count). The average molecular weight is 1060 g/mol. The lowest BCUT2D eigenvalue weighted by Gasteiger charge is -2.26. The van der Waals surface area contributed by atoms with Crippen molar-refractivity contribution in [3.8, 4) is 73.1 Å². The first kappa shape index (κ1) is 40.9. The number of rotatable bonds is 7. The average Bonchev–Trinajstić information content (AvgIpc) is 1.66. The Labute approximate surface area is 475 Å². The Morgan fingerprint density at radius 3 is 1.45 bits per heavy atom. The highest BCUT2D eigenvalue weighted by Crippen LogP contribution is 2.55. The molecule has 6 heteroatoms. The molecule has 0 unspecified atom stereocenters. The predicted octanol–water partition coefficient (Wildman–Crippen LogP) is 21.4. The van der Waals surface area contributed by atoms with Crippen molar-refractivity contribution >= 4 is 112 Å². The third-order valence-corrected chi connectivity index (χ3v) is 18.2. The second-order valence-corrected chi connectivity index (χ2v) is 22.1. The van der Waals surface area contributed by atoms with E-state index in [0.29, 0.717) is 44.7 Å². The first-order valence-corrected chi connectivity index (χ1v) is 28.0. The summed E-state index contributed by atoms with van der Waals surface area (Å²) in [5.41, 5.74) is 12.5. The molecule has 4 heterocycles. The summed E-state index contributed by atoms with van der Waals surface area (Å²) in [5, 5.41) is 20.7. The van der Waals surface area contributed by atoms with Gasteiger partial charge in [-0.3, -0.25) is 0 Å². The van der Waals surface area contributed by atoms with Crippen molar-refractivity contribution in [2.24, 2.45) is 0 Å². The molecular formula is C74H42N4S2. The van der Waals surface area contributed by atoms with Crippen LogP contribution in [0.2, 0.25) is 0 Å². The highest BCUT2D eigenvalue weighted by atomic mass is 32.1. The van der Waals surface area contributed by atoms with Crippen LogP contribution in [0.5, 0.6) is 0 Å². The normalized spacial score (nSPS) is 12.6. The lowest BCUT2D eigenvalue weighted by Crippen LogP contribution is -2.09. The molecule has 0 aliphatic rings. The predicted molar refractivity (Wildman–Crippen MR) is 339 cm³/mol. The Kier molecular flexibility index (Phi) is 9.26. The molecule has 4 nitrogen and oxygen atoms in total. The Balaban J connectivity index is 1.17. The third kappa shape index (κ3) is 6.71. The second kappa shape index (κ2) is 18.1. The molecule has 80 heavy (non-hydrogen) atoms. The minimum Gasteiger partial charge on any atom is -0.318 e. The number of para-hydroxylation sites is 1. The molecular weight excluding hydrogens is 1010 g/mol. The minimum atomic E-state index is -0.471. The van der Waals surface area contributed by atoms with Gasteiger partial charge >= 0.3 is 0 Å². The van der Waals surface area contributed by atoms with Crippen LogP contribution in [0.15, 0.2) is 255 Å². The van der Waals surface area contributed by atoms with Crippen LogP contribution in [0.3, 0.4) is 0 Å². The molecule has 0 atom stereocenters. The Hall–Kier alpha value is -10.3. The summed E-state index contributed by atoms with van der Waals surface area (Å²) in [6.07, 6.45) is 0. The molecule has 0 N–H and O–H groups in total. The van der Waals surface area contributed by atoms with Crippen molar-refractivity contribution in [1.29, 1.82) is 5.26 Å². The lowest BCUT2D eigenvalue weighted by atomic mass is 9.88. The highest BCUT2D eigenvalue weighted by molar-refractivity contribution is 7.27. The van der Waals surface area contributed by atoms with E-state index in [2.05, 4.69) is 147 Å². The van der Waals surface area contributed by atoms with Crippen LogP contribution in [0.4, 0.5) is 5.69 Å². The largest absolute Gasteiger partial charge is 0.318 e. The van der Waals surface area contributed by atoms with Crippen molar-refractivity contribution in [3.63, 3.8) is 0 Å². The lowest BCUT2D eigenvalue weighted by molar-refractivity contribution is 1.14. The molecule has 16 aromatic rings. The highest BCUT2D eigenvalue weighted by Gasteiger charge is 2.33. The maximum Gasteiger partial charge on any atom is 0.220 e. The zero-order chi connectivity index (χ0) is 57.4. The van der Waals surface area contributed by atoms with Gasteiger partial charge in [0.2, 0.25) is 5.69 Å². The molecule has 0 saturated heterocycles. The van der Waals surface area contributed by atoms with E-state index in [4.69, 9.17) is 4.11 Å². The van der Waals surface area contributed by atoms with Crippen LogP contribution in [-0.2, 0) is 0 Å². The standard InChI is InChI=1S/C74H42N4S2/c1-76-68-64(48-27-13-5-14-28-48)59(44-75)69(65(49-29-15-6-16-30-49)72(68)77-60-34-18-17-31-53(60)54-38-37-50(43-61(54)77)45-21-7-2-8-22-45)78-70-55(39-41-57-66-51(46-23-9-3-10-24-46)32-19-35-62(66)79-73(57)70)56-40-42-58-67-52(47-25-11-4-12-26-47)33-20-36-63(67)80-74(58)71(56)78/h2-43H/i2D,7D,8D,21D,22D. The van der Waals surface area contributed by atoms with Gasteiger partial charge in [0.1, 0.15) is 6.07 Å². The molecule has 12 aromatic carbocycles. The zero-order valence-corrected chi connectivity index (χ0v) is 44.1. The summed E-state index contributed by atoms with van der Waals surface area (Å²) in [6.45, 7) is 9.54. The van der Waals surface area contributed by atoms with Gasteiger partial charge in [-0.2, -0.15) is 5.26 Å². The van der Waals surface area contributed by atoms with Crippen LogP contribution in [0.1, 0.15) is 12.4 Å². The Morgan fingerprint density at radius 1 is 0.412 bits per heavy atom. The zero-order valence-electron chi connectivity index (χ0n) is 47.5. The van der Waals surface area contributed by atoms with Crippen LogP contribution in [-0.4, -0.2) is 9.13 Å². The first-order chi connectivity index (χ1) is 41.7. The fourth-order valence-electron chi connectivity index (χ4n) is 12.6. The molecule has 0 aliphatic carbocycles. The number of fused-ring (bicyclic) bond motifs is 14. The number of thiophene rings is 2. The van der Waals surface area contributed by atoms with Gasteiger partial charge in [-0.15, -0.1) is 22.7 Å². The van der Waals surface area contributed by atoms with Gasteiger partial charge < -0.3 is 9.13 Å². The van der Waals surface area contributed by atoms with Gasteiger partial charge in [0.05, 0.1) is 61.8 Å². The van der Waals surface area contributed by atoms with E-state index in [1.54, 1.807) is 22.7 Å². The molecule has 0 fully saturated rings. The van der Waals surface area contributed by atoms with Gasteiger partial charge in [-0.25, -0.2) is 4.85 Å². The minimum absolute atomic E-state index is 0.0692. The van der Waals surface area contributed by atoms with E-state index in [1.807, 2.05) is 97.1 Å². The fraction of sp³-hybridized carbons (Fsp3) is 0. The fourth-order valence-corrected chi connectivity index (χ4v) is 15.1. The number of benzene rings is 12. The van der Waals surface area contributed by atoms with Gasteiger partial charge in [0.25, 0.3) is 0 Å². The van der Waals surface area contributed by atoms with Crippen LogP contribution in [0, 0.1) is 17.9 Å². The molecule has 4 aromatic heterocycles. The van der Waals surface area contributed by atoms with Gasteiger partial charge in [-0.05, 0) is 68.8 Å². The topological polar surface area (TPSA) is 38.0 Å². The molecule has 370 valence electrons. The number of hydrogen-bond donors (Lipinski definition) is 0. The van der Waals surface area contributed by atoms with Crippen LogP contribution in [0.25, 0.3) is 156 Å². The van der Waals surface area contributed by atoms with Crippen molar-refractivity contribution in [3.05, 3.63) is 272 Å². The number of nitriles is 1. The van der Waals surface area contributed by atoms with Gasteiger partial charge in [0.15, 0.2) is 0 Å². The molecule has 0 bridgehead atoms. The Bertz CT molecular complexity index is 5420. The van der Waals surface area contributed by atoms with E-state index in [0.717, 1.165) is 106 Å². The van der Waals surface area contributed by atoms with Crippen LogP contribution < -0.4 is 0 Å². The van der Waals surface area contributed by atoms with E-state index in [1.165, 1.54) is 0 Å². The number of hydrogen-bond acceptors (Lipinski definition) is 3. The van der Waals surface area contributed by atoms with E-state index < -0.39 is 18.1 Å². The summed E-state index contributed by atoms with van der Waals surface area (Å²) in [5.74, 6) is 0. The van der Waals surface area contributed by atoms with Crippen molar-refractivity contribution < 1.29 is 6.85 Å². The van der Waals surface area contributed by atoms with Gasteiger partial charge in [-0.1, -0.05) is 230 Å². The second-order valence-electron chi connectivity index (χ2n) is 20.0. The van der Waals surface area contributed by atoms with E-state index in [9.17, 15) is 14.6 Å².